The second kappa shape index (κ2) is 6.25. The van der Waals surface area contributed by atoms with Gasteiger partial charge in [-0.25, -0.2) is 0 Å². The van der Waals surface area contributed by atoms with Crippen LogP contribution in [0, 0.1) is 0 Å². The Morgan fingerprint density at radius 3 is 2.60 bits per heavy atom. The summed E-state index contributed by atoms with van der Waals surface area (Å²) in [6.07, 6.45) is 3.53. The Balaban J connectivity index is 2.18. The van der Waals surface area contributed by atoms with Gasteiger partial charge in [0.1, 0.15) is 11.5 Å². The van der Waals surface area contributed by atoms with Gasteiger partial charge >= 0.3 is 0 Å². The number of nitrogens with zero attached hydrogens (tertiary/aromatic N) is 1. The molecule has 0 aliphatic carbocycles. The Hall–Kier alpha value is -1.58. The van der Waals surface area contributed by atoms with Crippen LogP contribution < -0.4 is 10.1 Å². The first-order chi connectivity index (χ1) is 9.46. The van der Waals surface area contributed by atoms with Crippen LogP contribution >= 0.6 is 11.6 Å². The molecule has 1 aromatic heterocycles. The maximum absolute atomic E-state index is 6.12. The van der Waals surface area contributed by atoms with Gasteiger partial charge in [0.15, 0.2) is 0 Å². The number of aromatic nitrogens is 1. The molecular weight excluding hydrogens is 272 g/mol. The summed E-state index contributed by atoms with van der Waals surface area (Å²) in [5.74, 6) is 1.42. The first kappa shape index (κ1) is 14.8. The van der Waals surface area contributed by atoms with E-state index in [-0.39, 0.29) is 5.54 Å². The molecule has 0 radical (unpaired) electrons. The third kappa shape index (κ3) is 4.22. The van der Waals surface area contributed by atoms with Gasteiger partial charge in [0.2, 0.25) is 0 Å². The Morgan fingerprint density at radius 2 is 1.90 bits per heavy atom. The van der Waals surface area contributed by atoms with Crippen molar-refractivity contribution >= 4 is 11.6 Å². The molecule has 0 aliphatic heterocycles. The van der Waals surface area contributed by atoms with E-state index >= 15 is 0 Å². The normalized spacial score (nSPS) is 11.4. The van der Waals surface area contributed by atoms with Gasteiger partial charge in [0.25, 0.3) is 0 Å². The smallest absolute Gasteiger partial charge is 0.146 e. The fourth-order valence-electron chi connectivity index (χ4n) is 1.65. The van der Waals surface area contributed by atoms with E-state index in [1.54, 1.807) is 6.20 Å². The maximum atomic E-state index is 6.12. The van der Waals surface area contributed by atoms with Gasteiger partial charge in [-0.05, 0) is 39.0 Å². The highest BCUT2D eigenvalue weighted by molar-refractivity contribution is 6.32. The molecule has 0 amide bonds. The van der Waals surface area contributed by atoms with Crippen molar-refractivity contribution in [2.24, 2.45) is 0 Å². The molecule has 1 aromatic carbocycles. The molecule has 0 unspecified atom stereocenters. The number of ether oxygens (including phenoxy) is 1. The van der Waals surface area contributed by atoms with Crippen molar-refractivity contribution in [1.82, 2.24) is 10.3 Å². The van der Waals surface area contributed by atoms with E-state index in [0.717, 1.165) is 11.3 Å². The van der Waals surface area contributed by atoms with Gasteiger partial charge in [-0.3, -0.25) is 4.98 Å². The quantitative estimate of drug-likeness (QED) is 0.905. The lowest BCUT2D eigenvalue weighted by atomic mass is 10.1. The maximum Gasteiger partial charge on any atom is 0.146 e. The highest BCUT2D eigenvalue weighted by Gasteiger charge is 2.12. The first-order valence-electron chi connectivity index (χ1n) is 6.56. The van der Waals surface area contributed by atoms with E-state index in [2.05, 4.69) is 31.1 Å². The molecule has 0 saturated heterocycles. The van der Waals surface area contributed by atoms with Gasteiger partial charge in [-0.15, -0.1) is 0 Å². The van der Waals surface area contributed by atoms with Crippen molar-refractivity contribution in [3.8, 4) is 11.5 Å². The third-order valence-electron chi connectivity index (χ3n) is 2.72. The van der Waals surface area contributed by atoms with Crippen molar-refractivity contribution in [2.75, 3.05) is 0 Å². The van der Waals surface area contributed by atoms with Crippen LogP contribution in [0.5, 0.6) is 11.5 Å². The van der Waals surface area contributed by atoms with Crippen molar-refractivity contribution in [1.29, 1.82) is 0 Å². The van der Waals surface area contributed by atoms with Crippen LogP contribution in [0.4, 0.5) is 0 Å². The molecule has 20 heavy (non-hydrogen) atoms. The van der Waals surface area contributed by atoms with E-state index in [1.807, 2.05) is 36.5 Å². The number of benzene rings is 1. The molecular formula is C16H19ClN2O. The van der Waals surface area contributed by atoms with E-state index in [0.29, 0.717) is 17.3 Å². The molecule has 0 aliphatic rings. The zero-order valence-electron chi connectivity index (χ0n) is 12.0. The second-order valence-corrected chi connectivity index (χ2v) is 6.03. The highest BCUT2D eigenvalue weighted by atomic mass is 35.5. The van der Waals surface area contributed by atoms with Crippen LogP contribution in [0.15, 0.2) is 42.7 Å². The number of para-hydroxylation sites is 1. The Bertz CT molecular complexity index is 579. The van der Waals surface area contributed by atoms with Crippen molar-refractivity contribution in [2.45, 2.75) is 32.9 Å². The predicted octanol–water partition coefficient (Wildman–Crippen LogP) is 4.42. The number of halogens is 1. The molecule has 4 heteroatoms. The molecule has 1 heterocycles. The predicted molar refractivity (Wildman–Crippen MR) is 82.4 cm³/mol. The monoisotopic (exact) mass is 290 g/mol. The SMILES string of the molecule is CC(C)(C)NCc1cnccc1Oc1ccccc1Cl. The molecule has 0 saturated carbocycles. The summed E-state index contributed by atoms with van der Waals surface area (Å²) in [4.78, 5) is 4.16. The fourth-order valence-corrected chi connectivity index (χ4v) is 1.83. The molecule has 0 bridgehead atoms. The molecule has 0 spiro atoms. The lowest BCUT2D eigenvalue weighted by Crippen LogP contribution is -2.35. The fraction of sp³-hybridized carbons (Fsp3) is 0.312. The van der Waals surface area contributed by atoms with Crippen LogP contribution in [0.2, 0.25) is 5.02 Å². The third-order valence-corrected chi connectivity index (χ3v) is 3.04. The molecule has 0 atom stereocenters. The topological polar surface area (TPSA) is 34.2 Å². The zero-order valence-corrected chi connectivity index (χ0v) is 12.7. The largest absolute Gasteiger partial charge is 0.455 e. The minimum Gasteiger partial charge on any atom is -0.455 e. The van der Waals surface area contributed by atoms with Crippen LogP contribution in [0.1, 0.15) is 26.3 Å². The molecule has 2 aromatic rings. The lowest BCUT2D eigenvalue weighted by molar-refractivity contribution is 0.413. The first-order valence-corrected chi connectivity index (χ1v) is 6.94. The summed E-state index contributed by atoms with van der Waals surface area (Å²) in [7, 11) is 0. The molecule has 1 N–H and O–H groups in total. The van der Waals surface area contributed by atoms with Gasteiger partial charge in [0.05, 0.1) is 5.02 Å². The summed E-state index contributed by atoms with van der Waals surface area (Å²) in [5.41, 5.74) is 1.04. The molecule has 2 rings (SSSR count). The Kier molecular flexibility index (Phi) is 4.63. The Labute approximate surface area is 124 Å². The van der Waals surface area contributed by atoms with E-state index in [4.69, 9.17) is 16.3 Å². The summed E-state index contributed by atoms with van der Waals surface area (Å²) < 4.78 is 5.89. The van der Waals surface area contributed by atoms with Crippen LogP contribution in [-0.2, 0) is 6.54 Å². The van der Waals surface area contributed by atoms with E-state index in [1.165, 1.54) is 0 Å². The summed E-state index contributed by atoms with van der Waals surface area (Å²) >= 11 is 6.12. The summed E-state index contributed by atoms with van der Waals surface area (Å²) in [6.45, 7) is 7.06. The number of hydrogen-bond donors (Lipinski definition) is 1. The standard InChI is InChI=1S/C16H19ClN2O/c1-16(2,3)19-11-12-10-18-9-8-14(12)20-15-7-5-4-6-13(15)17/h4-10,19H,11H2,1-3H3. The Morgan fingerprint density at radius 1 is 1.15 bits per heavy atom. The second-order valence-electron chi connectivity index (χ2n) is 5.62. The summed E-state index contributed by atoms with van der Waals surface area (Å²) in [6, 6.07) is 9.29. The van der Waals surface area contributed by atoms with Gasteiger partial charge < -0.3 is 10.1 Å². The minimum absolute atomic E-state index is 0.0392. The minimum atomic E-state index is 0.0392. The van der Waals surface area contributed by atoms with Gasteiger partial charge in [-0.2, -0.15) is 0 Å². The number of rotatable bonds is 4. The summed E-state index contributed by atoms with van der Waals surface area (Å²) in [5, 5.41) is 4.02. The van der Waals surface area contributed by atoms with Crippen molar-refractivity contribution < 1.29 is 4.74 Å². The van der Waals surface area contributed by atoms with Crippen LogP contribution in [0.3, 0.4) is 0 Å². The average molecular weight is 291 g/mol. The average Bonchev–Trinajstić information content (AvgIpc) is 2.39. The van der Waals surface area contributed by atoms with Crippen molar-refractivity contribution in [3.63, 3.8) is 0 Å². The molecule has 0 fully saturated rings. The van der Waals surface area contributed by atoms with Gasteiger partial charge in [-0.1, -0.05) is 23.7 Å². The highest BCUT2D eigenvalue weighted by Crippen LogP contribution is 2.30. The zero-order chi connectivity index (χ0) is 14.6. The number of hydrogen-bond acceptors (Lipinski definition) is 3. The van der Waals surface area contributed by atoms with Crippen LogP contribution in [0.25, 0.3) is 0 Å². The molecule has 3 nitrogen and oxygen atoms in total. The number of pyridine rings is 1. The van der Waals surface area contributed by atoms with Crippen LogP contribution in [-0.4, -0.2) is 10.5 Å². The van der Waals surface area contributed by atoms with E-state index in [9.17, 15) is 0 Å². The van der Waals surface area contributed by atoms with Gasteiger partial charge in [0, 0.05) is 30.0 Å². The lowest BCUT2D eigenvalue weighted by Gasteiger charge is -2.21. The van der Waals surface area contributed by atoms with Crippen molar-refractivity contribution in [3.05, 3.63) is 53.3 Å². The molecule has 106 valence electrons. The van der Waals surface area contributed by atoms with E-state index < -0.39 is 0 Å². The number of nitrogens with one attached hydrogen (secondary N) is 1.